The molecule has 3 heteroatoms. The molecular weight excluding hydrogens is 188 g/mol. The first-order chi connectivity index (χ1) is 7.27. The zero-order chi connectivity index (χ0) is 11.1. The number of unbranched alkanes of at least 4 members (excludes halogenated alkanes) is 1. The third-order valence-corrected chi connectivity index (χ3v) is 2.18. The van der Waals surface area contributed by atoms with E-state index in [2.05, 4.69) is 12.0 Å². The van der Waals surface area contributed by atoms with E-state index in [1.807, 2.05) is 25.1 Å². The van der Waals surface area contributed by atoms with Crippen molar-refractivity contribution in [1.82, 2.24) is 0 Å². The fourth-order valence-electron chi connectivity index (χ4n) is 1.33. The standard InChI is InChI=1S/C12H18N2O/c1-3-4-7-15-12-6-5-11(9-14-13)8-10(12)2/h5-6,8-9H,3-4,7,13H2,1-2H3. The molecule has 0 aliphatic rings. The lowest BCUT2D eigenvalue weighted by atomic mass is 10.1. The van der Waals surface area contributed by atoms with Gasteiger partial charge in [-0.2, -0.15) is 5.10 Å². The predicted molar refractivity (Wildman–Crippen MR) is 63.4 cm³/mol. The molecule has 0 fully saturated rings. The van der Waals surface area contributed by atoms with Gasteiger partial charge in [-0.25, -0.2) is 0 Å². The van der Waals surface area contributed by atoms with E-state index in [1.165, 1.54) is 0 Å². The van der Waals surface area contributed by atoms with Crippen molar-refractivity contribution in [1.29, 1.82) is 0 Å². The summed E-state index contributed by atoms with van der Waals surface area (Å²) >= 11 is 0. The first kappa shape index (κ1) is 11.6. The summed E-state index contributed by atoms with van der Waals surface area (Å²) in [6, 6.07) is 5.92. The maximum Gasteiger partial charge on any atom is 0.122 e. The molecule has 82 valence electrons. The Kier molecular flexibility index (Phi) is 4.68. The average Bonchev–Trinajstić information content (AvgIpc) is 2.22. The molecule has 15 heavy (non-hydrogen) atoms. The smallest absolute Gasteiger partial charge is 0.122 e. The summed E-state index contributed by atoms with van der Waals surface area (Å²) in [6.45, 7) is 4.95. The first-order valence-electron chi connectivity index (χ1n) is 5.24. The molecule has 0 amide bonds. The third kappa shape index (κ3) is 3.62. The van der Waals surface area contributed by atoms with E-state index in [9.17, 15) is 0 Å². The summed E-state index contributed by atoms with van der Waals surface area (Å²) < 4.78 is 5.63. The minimum Gasteiger partial charge on any atom is -0.493 e. The number of hydrazone groups is 1. The number of nitrogens with two attached hydrogens (primary N) is 1. The molecule has 0 unspecified atom stereocenters. The summed E-state index contributed by atoms with van der Waals surface area (Å²) in [5, 5.41) is 3.49. The minimum atomic E-state index is 0.779. The summed E-state index contributed by atoms with van der Waals surface area (Å²) in [6.07, 6.45) is 3.87. The van der Waals surface area contributed by atoms with Crippen LogP contribution in [-0.2, 0) is 0 Å². The zero-order valence-electron chi connectivity index (χ0n) is 9.36. The highest BCUT2D eigenvalue weighted by molar-refractivity contribution is 5.80. The molecule has 0 aliphatic carbocycles. The highest BCUT2D eigenvalue weighted by Gasteiger charge is 1.99. The van der Waals surface area contributed by atoms with Gasteiger partial charge < -0.3 is 10.6 Å². The topological polar surface area (TPSA) is 47.6 Å². The Morgan fingerprint density at radius 2 is 2.27 bits per heavy atom. The van der Waals surface area contributed by atoms with Crippen LogP contribution in [-0.4, -0.2) is 12.8 Å². The molecule has 0 radical (unpaired) electrons. The Bertz CT molecular complexity index is 334. The van der Waals surface area contributed by atoms with E-state index in [1.54, 1.807) is 6.21 Å². The van der Waals surface area contributed by atoms with Crippen molar-refractivity contribution < 1.29 is 4.74 Å². The zero-order valence-corrected chi connectivity index (χ0v) is 9.36. The Morgan fingerprint density at radius 1 is 1.47 bits per heavy atom. The number of hydrogen-bond acceptors (Lipinski definition) is 3. The molecule has 0 bridgehead atoms. The van der Waals surface area contributed by atoms with Crippen LogP contribution in [0.15, 0.2) is 23.3 Å². The van der Waals surface area contributed by atoms with Crippen LogP contribution < -0.4 is 10.6 Å². The van der Waals surface area contributed by atoms with Gasteiger partial charge in [0.25, 0.3) is 0 Å². The predicted octanol–water partition coefficient (Wildman–Crippen LogP) is 2.47. The normalized spacial score (nSPS) is 10.8. The molecular formula is C12H18N2O. The molecule has 0 aromatic heterocycles. The highest BCUT2D eigenvalue weighted by Crippen LogP contribution is 2.18. The maximum atomic E-state index is 5.63. The van der Waals surface area contributed by atoms with Gasteiger partial charge in [0, 0.05) is 0 Å². The van der Waals surface area contributed by atoms with Crippen LogP contribution >= 0.6 is 0 Å². The molecule has 1 aromatic carbocycles. The van der Waals surface area contributed by atoms with Gasteiger partial charge in [0.1, 0.15) is 5.75 Å². The van der Waals surface area contributed by atoms with E-state index < -0.39 is 0 Å². The van der Waals surface area contributed by atoms with Crippen molar-refractivity contribution in [3.8, 4) is 5.75 Å². The fraction of sp³-hybridized carbons (Fsp3) is 0.417. The van der Waals surface area contributed by atoms with Crippen molar-refractivity contribution in [2.45, 2.75) is 26.7 Å². The number of aryl methyl sites for hydroxylation is 1. The summed E-state index contributed by atoms with van der Waals surface area (Å²) in [4.78, 5) is 0. The van der Waals surface area contributed by atoms with E-state index in [0.29, 0.717) is 0 Å². The van der Waals surface area contributed by atoms with E-state index in [0.717, 1.165) is 36.3 Å². The van der Waals surface area contributed by atoms with Gasteiger partial charge in [-0.3, -0.25) is 0 Å². The third-order valence-electron chi connectivity index (χ3n) is 2.18. The summed E-state index contributed by atoms with van der Waals surface area (Å²) in [5.74, 6) is 6.03. The largest absolute Gasteiger partial charge is 0.493 e. The Labute approximate surface area is 90.9 Å². The van der Waals surface area contributed by atoms with Gasteiger partial charge in [-0.15, -0.1) is 0 Å². The maximum absolute atomic E-state index is 5.63. The van der Waals surface area contributed by atoms with Crippen LogP contribution in [0.2, 0.25) is 0 Å². The quantitative estimate of drug-likeness (QED) is 0.348. The van der Waals surface area contributed by atoms with Crippen LogP contribution in [0, 0.1) is 6.92 Å². The molecule has 0 heterocycles. The molecule has 0 aliphatic heterocycles. The number of ether oxygens (including phenoxy) is 1. The number of hydrogen-bond donors (Lipinski definition) is 1. The SMILES string of the molecule is CCCCOc1ccc(C=NN)cc1C. The van der Waals surface area contributed by atoms with Gasteiger partial charge >= 0.3 is 0 Å². The Morgan fingerprint density at radius 3 is 2.87 bits per heavy atom. The van der Waals surface area contributed by atoms with Crippen LogP contribution in [0.3, 0.4) is 0 Å². The Hall–Kier alpha value is -1.51. The summed E-state index contributed by atoms with van der Waals surface area (Å²) in [5.41, 5.74) is 2.11. The van der Waals surface area contributed by atoms with Crippen molar-refractivity contribution in [3.63, 3.8) is 0 Å². The molecule has 0 atom stereocenters. The second-order valence-electron chi connectivity index (χ2n) is 3.51. The summed E-state index contributed by atoms with van der Waals surface area (Å²) in [7, 11) is 0. The Balaban J connectivity index is 2.66. The van der Waals surface area contributed by atoms with Crippen molar-refractivity contribution >= 4 is 6.21 Å². The average molecular weight is 206 g/mol. The second kappa shape index (κ2) is 6.06. The van der Waals surface area contributed by atoms with Crippen molar-refractivity contribution in [2.75, 3.05) is 6.61 Å². The lowest BCUT2D eigenvalue weighted by Crippen LogP contribution is -1.98. The molecule has 0 saturated heterocycles. The van der Waals surface area contributed by atoms with E-state index >= 15 is 0 Å². The van der Waals surface area contributed by atoms with Gasteiger partial charge in [0.2, 0.25) is 0 Å². The molecule has 1 aromatic rings. The van der Waals surface area contributed by atoms with Crippen LogP contribution in [0.4, 0.5) is 0 Å². The van der Waals surface area contributed by atoms with Crippen LogP contribution in [0.25, 0.3) is 0 Å². The van der Waals surface area contributed by atoms with Gasteiger partial charge in [0.05, 0.1) is 12.8 Å². The van der Waals surface area contributed by atoms with E-state index in [-0.39, 0.29) is 0 Å². The lowest BCUT2D eigenvalue weighted by Gasteiger charge is -2.08. The molecule has 0 spiro atoms. The number of benzene rings is 1. The minimum absolute atomic E-state index is 0.779. The fourth-order valence-corrected chi connectivity index (χ4v) is 1.33. The highest BCUT2D eigenvalue weighted by atomic mass is 16.5. The monoisotopic (exact) mass is 206 g/mol. The van der Waals surface area contributed by atoms with Crippen molar-refractivity contribution in [3.05, 3.63) is 29.3 Å². The van der Waals surface area contributed by atoms with E-state index in [4.69, 9.17) is 10.6 Å². The number of rotatable bonds is 5. The van der Waals surface area contributed by atoms with Gasteiger partial charge in [0.15, 0.2) is 0 Å². The molecule has 2 N–H and O–H groups in total. The van der Waals surface area contributed by atoms with Gasteiger partial charge in [-0.05, 0) is 42.7 Å². The van der Waals surface area contributed by atoms with Crippen LogP contribution in [0.1, 0.15) is 30.9 Å². The number of nitrogens with zero attached hydrogens (tertiary/aromatic N) is 1. The molecule has 0 saturated carbocycles. The van der Waals surface area contributed by atoms with Crippen LogP contribution in [0.5, 0.6) is 5.75 Å². The van der Waals surface area contributed by atoms with Crippen molar-refractivity contribution in [2.24, 2.45) is 10.9 Å². The van der Waals surface area contributed by atoms with Gasteiger partial charge in [-0.1, -0.05) is 13.3 Å². The first-order valence-corrected chi connectivity index (χ1v) is 5.24. The molecule has 3 nitrogen and oxygen atoms in total. The lowest BCUT2D eigenvalue weighted by molar-refractivity contribution is 0.307. The molecule has 1 rings (SSSR count). The second-order valence-corrected chi connectivity index (χ2v) is 3.51.